The smallest absolute Gasteiger partial charge is 0.319 e. The van der Waals surface area contributed by atoms with Crippen molar-refractivity contribution in [1.82, 2.24) is 15.2 Å². The van der Waals surface area contributed by atoms with E-state index in [1.807, 2.05) is 6.07 Å². The van der Waals surface area contributed by atoms with Crippen LogP contribution in [0.3, 0.4) is 0 Å². The summed E-state index contributed by atoms with van der Waals surface area (Å²) in [5.74, 6) is 0.140. The van der Waals surface area contributed by atoms with E-state index in [-0.39, 0.29) is 11.9 Å². The number of hydrogen-bond donors (Lipinski definition) is 2. The number of nitrogens with zero attached hydrogens (tertiary/aromatic N) is 2. The lowest BCUT2D eigenvalue weighted by molar-refractivity contribution is 0.0822. The molecule has 0 aliphatic heterocycles. The molecule has 2 heterocycles. The molecule has 0 spiro atoms. The number of urea groups is 1. The number of carbonyl (C=O) groups is 2. The van der Waals surface area contributed by atoms with Gasteiger partial charge in [0.05, 0.1) is 0 Å². The van der Waals surface area contributed by atoms with Gasteiger partial charge in [0.2, 0.25) is 0 Å². The first-order chi connectivity index (χ1) is 11.5. The third kappa shape index (κ3) is 5.34. The Kier molecular flexibility index (Phi) is 6.31. The van der Waals surface area contributed by atoms with Crippen LogP contribution in [-0.4, -0.2) is 42.5 Å². The lowest BCUT2D eigenvalue weighted by Crippen LogP contribution is -2.33. The molecule has 128 valence electrons. The molecule has 0 saturated heterocycles. The van der Waals surface area contributed by atoms with Crippen LogP contribution in [0.5, 0.6) is 0 Å². The molecule has 1 unspecified atom stereocenters. The van der Waals surface area contributed by atoms with E-state index in [0.29, 0.717) is 23.8 Å². The van der Waals surface area contributed by atoms with Crippen LogP contribution in [0.15, 0.2) is 35.8 Å². The molecular formula is C17H22N4O2S. The Morgan fingerprint density at radius 1 is 1.33 bits per heavy atom. The normalized spacial score (nSPS) is 11.6. The van der Waals surface area contributed by atoms with Crippen LogP contribution in [0, 0.1) is 5.92 Å². The predicted molar refractivity (Wildman–Crippen MR) is 96.5 cm³/mol. The van der Waals surface area contributed by atoms with Crippen molar-refractivity contribution in [2.24, 2.45) is 5.92 Å². The molecule has 1 atom stereocenters. The zero-order valence-corrected chi connectivity index (χ0v) is 14.9. The van der Waals surface area contributed by atoms with Crippen molar-refractivity contribution in [1.29, 1.82) is 0 Å². The van der Waals surface area contributed by atoms with E-state index in [9.17, 15) is 9.59 Å². The Morgan fingerprint density at radius 3 is 2.79 bits per heavy atom. The molecule has 2 rings (SSSR count). The van der Waals surface area contributed by atoms with Crippen molar-refractivity contribution >= 4 is 29.0 Å². The van der Waals surface area contributed by atoms with Gasteiger partial charge in [-0.3, -0.25) is 9.78 Å². The minimum absolute atomic E-state index is 0.205. The molecule has 0 aliphatic rings. The second kappa shape index (κ2) is 8.44. The fourth-order valence-corrected chi connectivity index (χ4v) is 3.01. The highest BCUT2D eigenvalue weighted by molar-refractivity contribution is 7.09. The van der Waals surface area contributed by atoms with Gasteiger partial charge in [-0.1, -0.05) is 13.0 Å². The molecule has 0 saturated carbocycles. The average molecular weight is 346 g/mol. The molecule has 0 aliphatic carbocycles. The Balaban J connectivity index is 1.83. The van der Waals surface area contributed by atoms with E-state index in [1.54, 1.807) is 37.6 Å². The van der Waals surface area contributed by atoms with E-state index in [2.05, 4.69) is 34.0 Å². The molecule has 2 N–H and O–H groups in total. The van der Waals surface area contributed by atoms with Gasteiger partial charge in [-0.25, -0.2) is 4.79 Å². The van der Waals surface area contributed by atoms with Gasteiger partial charge in [-0.2, -0.15) is 0 Å². The van der Waals surface area contributed by atoms with Crippen LogP contribution < -0.4 is 10.6 Å². The van der Waals surface area contributed by atoms with Crippen molar-refractivity contribution < 1.29 is 9.59 Å². The quantitative estimate of drug-likeness (QED) is 0.844. The summed E-state index contributed by atoms with van der Waals surface area (Å²) in [5.41, 5.74) is 0.836. The Bertz CT molecular complexity index is 686. The van der Waals surface area contributed by atoms with Crippen LogP contribution in [-0.2, 0) is 6.42 Å². The van der Waals surface area contributed by atoms with Crippen LogP contribution in [0.4, 0.5) is 10.5 Å². The van der Waals surface area contributed by atoms with Crippen molar-refractivity contribution in [2.45, 2.75) is 13.3 Å². The molecule has 2 aromatic rings. The highest BCUT2D eigenvalue weighted by Crippen LogP contribution is 2.14. The maximum absolute atomic E-state index is 12.0. The van der Waals surface area contributed by atoms with Crippen molar-refractivity contribution in [3.05, 3.63) is 46.4 Å². The molecule has 24 heavy (non-hydrogen) atoms. The van der Waals surface area contributed by atoms with Gasteiger partial charge in [-0.15, -0.1) is 11.3 Å². The Hall–Kier alpha value is -2.41. The number of pyridine rings is 1. The summed E-state index contributed by atoms with van der Waals surface area (Å²) in [6, 6.07) is 7.06. The molecule has 0 fully saturated rings. The standard InChI is InChI=1S/C17H22N4O2S/c1-12(9-14-5-4-8-24-14)11-19-17(23)20-13-6-7-18-15(10-13)16(22)21(2)3/h4-8,10,12H,9,11H2,1-3H3,(H2,18,19,20,23). The second-order valence-electron chi connectivity index (χ2n) is 5.85. The molecule has 0 bridgehead atoms. The Morgan fingerprint density at radius 2 is 2.12 bits per heavy atom. The molecule has 0 radical (unpaired) electrons. The molecular weight excluding hydrogens is 324 g/mol. The van der Waals surface area contributed by atoms with Crippen molar-refractivity contribution in [2.75, 3.05) is 26.0 Å². The number of anilines is 1. The number of thiophene rings is 1. The maximum atomic E-state index is 12.0. The number of nitrogens with one attached hydrogen (secondary N) is 2. The summed E-state index contributed by atoms with van der Waals surface area (Å²) in [7, 11) is 3.32. The summed E-state index contributed by atoms with van der Waals surface area (Å²) in [5, 5.41) is 7.64. The van der Waals surface area contributed by atoms with E-state index >= 15 is 0 Å². The summed E-state index contributed by atoms with van der Waals surface area (Å²) < 4.78 is 0. The van der Waals surface area contributed by atoms with Crippen LogP contribution in [0.25, 0.3) is 0 Å². The fourth-order valence-electron chi connectivity index (χ4n) is 2.14. The number of amides is 3. The van der Waals surface area contributed by atoms with Gasteiger partial charge in [0, 0.05) is 37.4 Å². The molecule has 7 heteroatoms. The summed E-state index contributed by atoms with van der Waals surface area (Å²) >= 11 is 1.72. The van der Waals surface area contributed by atoms with Crippen molar-refractivity contribution in [3.8, 4) is 0 Å². The largest absolute Gasteiger partial charge is 0.343 e. The first-order valence-electron chi connectivity index (χ1n) is 7.70. The van der Waals surface area contributed by atoms with Gasteiger partial charge in [0.1, 0.15) is 5.69 Å². The lowest BCUT2D eigenvalue weighted by atomic mass is 10.1. The highest BCUT2D eigenvalue weighted by atomic mass is 32.1. The van der Waals surface area contributed by atoms with Crippen molar-refractivity contribution in [3.63, 3.8) is 0 Å². The summed E-state index contributed by atoms with van der Waals surface area (Å²) in [6.07, 6.45) is 2.44. The van der Waals surface area contributed by atoms with Gasteiger partial charge >= 0.3 is 6.03 Å². The lowest BCUT2D eigenvalue weighted by Gasteiger charge is -2.13. The number of rotatable bonds is 6. The first-order valence-corrected chi connectivity index (χ1v) is 8.58. The van der Waals surface area contributed by atoms with E-state index < -0.39 is 0 Å². The maximum Gasteiger partial charge on any atom is 0.319 e. The molecule has 0 aromatic carbocycles. The topological polar surface area (TPSA) is 74.3 Å². The SMILES string of the molecule is CC(CNC(=O)Nc1ccnc(C(=O)N(C)C)c1)Cc1cccs1. The third-order valence-corrected chi connectivity index (χ3v) is 4.28. The average Bonchev–Trinajstić information content (AvgIpc) is 3.05. The van der Waals surface area contributed by atoms with Gasteiger partial charge in [0.15, 0.2) is 0 Å². The summed E-state index contributed by atoms with van der Waals surface area (Å²) in [6.45, 7) is 2.68. The molecule has 6 nitrogen and oxygen atoms in total. The molecule has 3 amide bonds. The highest BCUT2D eigenvalue weighted by Gasteiger charge is 2.11. The van der Waals surface area contributed by atoms with Gasteiger partial charge in [0.25, 0.3) is 5.91 Å². The Labute approximate surface area is 145 Å². The summed E-state index contributed by atoms with van der Waals surface area (Å²) in [4.78, 5) is 30.7. The fraction of sp³-hybridized carbons (Fsp3) is 0.353. The van der Waals surface area contributed by atoms with Gasteiger partial charge in [-0.05, 0) is 35.9 Å². The minimum atomic E-state index is -0.289. The third-order valence-electron chi connectivity index (χ3n) is 3.38. The minimum Gasteiger partial charge on any atom is -0.343 e. The molecule has 2 aromatic heterocycles. The van der Waals surface area contributed by atoms with Crippen LogP contribution in [0.2, 0.25) is 0 Å². The van der Waals surface area contributed by atoms with E-state index in [0.717, 1.165) is 6.42 Å². The second-order valence-corrected chi connectivity index (χ2v) is 6.89. The first kappa shape index (κ1) is 17.9. The monoisotopic (exact) mass is 346 g/mol. The van der Waals surface area contributed by atoms with E-state index in [1.165, 1.54) is 16.0 Å². The number of aromatic nitrogens is 1. The zero-order valence-electron chi connectivity index (χ0n) is 14.1. The zero-order chi connectivity index (χ0) is 17.5. The number of hydrogen-bond acceptors (Lipinski definition) is 4. The van der Waals surface area contributed by atoms with Gasteiger partial charge < -0.3 is 15.5 Å². The number of carbonyl (C=O) groups excluding carboxylic acids is 2. The van der Waals surface area contributed by atoms with Crippen LogP contribution >= 0.6 is 11.3 Å². The van der Waals surface area contributed by atoms with E-state index in [4.69, 9.17) is 0 Å². The van der Waals surface area contributed by atoms with Crippen LogP contribution in [0.1, 0.15) is 22.3 Å². The predicted octanol–water partition coefficient (Wildman–Crippen LogP) is 2.85.